The quantitative estimate of drug-likeness (QED) is 0.546. The first-order valence-corrected chi connectivity index (χ1v) is 12.3. The van der Waals surface area contributed by atoms with Gasteiger partial charge in [0.2, 0.25) is 0 Å². The van der Waals surface area contributed by atoms with Crippen LogP contribution in [0.25, 0.3) is 22.3 Å². The fourth-order valence-electron chi connectivity index (χ4n) is 3.36. The number of hydrogen-bond donors (Lipinski definition) is 3. The van der Waals surface area contributed by atoms with Gasteiger partial charge < -0.3 is 14.2 Å². The summed E-state index contributed by atoms with van der Waals surface area (Å²) < 4.78 is 21.4. The van der Waals surface area contributed by atoms with Crippen LogP contribution < -0.4 is 4.90 Å². The van der Waals surface area contributed by atoms with E-state index in [0.29, 0.717) is 13.2 Å². The largest absolute Gasteiger partial charge is 0.377 e. The Labute approximate surface area is 178 Å². The topological polar surface area (TPSA) is 99.5 Å². The van der Waals surface area contributed by atoms with E-state index in [2.05, 4.69) is 27.0 Å². The zero-order valence-electron chi connectivity index (χ0n) is 18.1. The number of nitrogens with one attached hydrogen (secondary N) is 1. The van der Waals surface area contributed by atoms with Crippen LogP contribution in [-0.4, -0.2) is 61.5 Å². The fraction of sp³-hybridized carbons (Fsp3) is 0.476. The van der Waals surface area contributed by atoms with Gasteiger partial charge in [0.25, 0.3) is 0 Å². The third-order valence-electron chi connectivity index (χ3n) is 5.68. The Morgan fingerprint density at radius 3 is 2.77 bits per heavy atom. The van der Waals surface area contributed by atoms with E-state index in [-0.39, 0.29) is 10.8 Å². The van der Waals surface area contributed by atoms with E-state index in [0.717, 1.165) is 40.3 Å². The van der Waals surface area contributed by atoms with Crippen molar-refractivity contribution in [2.75, 3.05) is 30.9 Å². The van der Waals surface area contributed by atoms with Crippen LogP contribution in [0, 0.1) is 0 Å². The lowest BCUT2D eigenvalue weighted by Crippen LogP contribution is -2.44. The second-order valence-corrected chi connectivity index (χ2v) is 12.2. The highest BCUT2D eigenvalue weighted by Gasteiger charge is 2.25. The molecule has 2 N–H and O–H groups in total. The van der Waals surface area contributed by atoms with E-state index < -0.39 is 10.1 Å². The number of H-pyrrole nitrogens is 1. The van der Waals surface area contributed by atoms with Crippen molar-refractivity contribution >= 4 is 32.5 Å². The molecule has 0 aromatic carbocycles. The number of hydrogen-bond acceptors (Lipinski definition) is 6. The number of aromatic nitrogens is 4. The fourth-order valence-corrected chi connectivity index (χ4v) is 4.25. The van der Waals surface area contributed by atoms with Crippen LogP contribution in [0.3, 0.4) is 0 Å². The first-order valence-electron chi connectivity index (χ1n) is 10.1. The highest BCUT2D eigenvalue weighted by atomic mass is 32.3. The number of thiol groups is 1. The molecule has 0 amide bonds. The van der Waals surface area contributed by atoms with Crippen LogP contribution in [-0.2, 0) is 14.8 Å². The third kappa shape index (κ3) is 3.84. The molecule has 4 rings (SSSR count). The normalized spacial score (nSPS) is 18.6. The summed E-state index contributed by atoms with van der Waals surface area (Å²) in [5, 5.41) is 7.92. The SMILES string of the molecule is C[C@@H]1COCCN1c1cc(N=[SH](C)(O)C(C)(C)C)c2ccnc(-c3ccn[nH]3)c2n1. The summed E-state index contributed by atoms with van der Waals surface area (Å²) in [6.07, 6.45) is 5.30. The number of aromatic amines is 1. The van der Waals surface area contributed by atoms with E-state index >= 15 is 0 Å². The maximum absolute atomic E-state index is 11.2. The molecule has 3 aromatic rings. The van der Waals surface area contributed by atoms with Crippen LogP contribution in [0.15, 0.2) is 35.0 Å². The molecule has 0 spiro atoms. The molecule has 3 aromatic heterocycles. The number of morpholine rings is 1. The Morgan fingerprint density at radius 2 is 2.10 bits per heavy atom. The highest BCUT2D eigenvalue weighted by molar-refractivity contribution is 8.00. The molecular weight excluding hydrogens is 400 g/mol. The summed E-state index contributed by atoms with van der Waals surface area (Å²) in [5.41, 5.74) is 3.00. The molecule has 1 fully saturated rings. The van der Waals surface area contributed by atoms with Gasteiger partial charge in [-0.15, -0.1) is 10.1 Å². The van der Waals surface area contributed by atoms with Crippen LogP contribution in [0.4, 0.5) is 11.5 Å². The minimum atomic E-state index is -2.59. The van der Waals surface area contributed by atoms with Crippen LogP contribution >= 0.6 is 0 Å². The predicted molar refractivity (Wildman–Crippen MR) is 124 cm³/mol. The van der Waals surface area contributed by atoms with Gasteiger partial charge in [0, 0.05) is 35.1 Å². The minimum Gasteiger partial charge on any atom is -0.377 e. The molecule has 1 atom stereocenters. The standard InChI is InChI=1S/C21H30N6O2S/c1-14-13-29-11-10-27(14)18-12-17(26-30(5,28)21(2,3)4)15-6-8-22-20(19(15)24-18)16-7-9-23-25-16/h6-9,12,14,30H,10-11,13H2,1-5H3,(H,23,25)(H,24,26,28)/t14-/m1/s1. The lowest BCUT2D eigenvalue weighted by atomic mass is 10.1. The first-order chi connectivity index (χ1) is 14.2. The Morgan fingerprint density at radius 1 is 1.30 bits per heavy atom. The molecule has 162 valence electrons. The van der Waals surface area contributed by atoms with Crippen LogP contribution in [0.1, 0.15) is 27.7 Å². The number of fused-ring (bicyclic) bond motifs is 1. The Bertz CT molecular complexity index is 1100. The van der Waals surface area contributed by atoms with E-state index in [4.69, 9.17) is 14.1 Å². The summed E-state index contributed by atoms with van der Waals surface area (Å²) in [5.74, 6) is 0.819. The second-order valence-electron chi connectivity index (χ2n) is 8.83. The van der Waals surface area contributed by atoms with Crippen molar-refractivity contribution in [3.05, 3.63) is 30.6 Å². The van der Waals surface area contributed by atoms with Gasteiger partial charge in [0.15, 0.2) is 0 Å². The van der Waals surface area contributed by atoms with E-state index in [9.17, 15) is 4.55 Å². The van der Waals surface area contributed by atoms with Gasteiger partial charge in [-0.1, -0.05) is 0 Å². The van der Waals surface area contributed by atoms with Crippen molar-refractivity contribution in [2.24, 2.45) is 4.36 Å². The lowest BCUT2D eigenvalue weighted by molar-refractivity contribution is 0.0986. The maximum atomic E-state index is 11.2. The average molecular weight is 431 g/mol. The van der Waals surface area contributed by atoms with Gasteiger partial charge in [-0.05, 0) is 46.1 Å². The van der Waals surface area contributed by atoms with Gasteiger partial charge in [-0.2, -0.15) is 5.10 Å². The predicted octanol–water partition coefficient (Wildman–Crippen LogP) is 3.85. The molecule has 0 aliphatic carbocycles. The molecule has 0 unspecified atom stereocenters. The van der Waals surface area contributed by atoms with Gasteiger partial charge in [-0.3, -0.25) is 10.1 Å². The average Bonchev–Trinajstić information content (AvgIpc) is 3.21. The van der Waals surface area contributed by atoms with Crippen molar-refractivity contribution in [3.63, 3.8) is 0 Å². The number of rotatable bonds is 3. The minimum absolute atomic E-state index is 0.196. The second kappa shape index (κ2) is 7.72. The molecule has 0 radical (unpaired) electrons. The van der Waals surface area contributed by atoms with Crippen molar-refractivity contribution < 1.29 is 9.29 Å². The van der Waals surface area contributed by atoms with Crippen molar-refractivity contribution in [1.82, 2.24) is 20.2 Å². The molecule has 8 nitrogen and oxygen atoms in total. The highest BCUT2D eigenvalue weighted by Crippen LogP contribution is 2.37. The summed E-state index contributed by atoms with van der Waals surface area (Å²) in [4.78, 5) is 11.8. The molecular formula is C21H30N6O2S. The molecule has 9 heteroatoms. The lowest BCUT2D eigenvalue weighted by Gasteiger charge is -2.35. The summed E-state index contributed by atoms with van der Waals surface area (Å²) in [6, 6.07) is 5.97. The molecule has 1 saturated heterocycles. The summed E-state index contributed by atoms with van der Waals surface area (Å²) in [7, 11) is -2.59. The van der Waals surface area contributed by atoms with Gasteiger partial charge in [0.1, 0.15) is 17.0 Å². The van der Waals surface area contributed by atoms with Crippen molar-refractivity contribution in [2.45, 2.75) is 38.5 Å². The Hall–Kier alpha value is -2.36. The van der Waals surface area contributed by atoms with E-state index in [1.807, 2.05) is 45.2 Å². The van der Waals surface area contributed by atoms with E-state index in [1.165, 1.54) is 0 Å². The Balaban J connectivity index is 2.00. The summed E-state index contributed by atoms with van der Waals surface area (Å²) >= 11 is 0. The zero-order chi connectivity index (χ0) is 21.5. The van der Waals surface area contributed by atoms with Gasteiger partial charge in [0.05, 0.1) is 30.6 Å². The number of anilines is 1. The zero-order valence-corrected chi connectivity index (χ0v) is 19.0. The molecule has 0 bridgehead atoms. The summed E-state index contributed by atoms with van der Waals surface area (Å²) in [6.45, 7) is 10.3. The van der Waals surface area contributed by atoms with Gasteiger partial charge >= 0.3 is 0 Å². The monoisotopic (exact) mass is 430 g/mol. The molecule has 0 saturated carbocycles. The molecule has 1 aliphatic rings. The van der Waals surface area contributed by atoms with Gasteiger partial charge in [-0.25, -0.2) is 9.35 Å². The van der Waals surface area contributed by atoms with E-state index in [1.54, 1.807) is 12.4 Å². The number of nitrogens with zero attached hydrogens (tertiary/aromatic N) is 5. The molecule has 30 heavy (non-hydrogen) atoms. The van der Waals surface area contributed by atoms with Crippen molar-refractivity contribution in [3.8, 4) is 11.4 Å². The Kier molecular flexibility index (Phi) is 5.37. The maximum Gasteiger partial charge on any atom is 0.131 e. The van der Waals surface area contributed by atoms with Crippen molar-refractivity contribution in [1.29, 1.82) is 0 Å². The van der Waals surface area contributed by atoms with Crippen LogP contribution in [0.2, 0.25) is 0 Å². The smallest absolute Gasteiger partial charge is 0.131 e. The third-order valence-corrected chi connectivity index (χ3v) is 8.83. The number of pyridine rings is 2. The first kappa shape index (κ1) is 20.9. The molecule has 1 aliphatic heterocycles. The van der Waals surface area contributed by atoms with Crippen LogP contribution in [0.5, 0.6) is 0 Å². The number of ether oxygens (including phenoxy) is 1. The molecule has 4 heterocycles.